The maximum atomic E-state index is 12.9. The quantitative estimate of drug-likeness (QED) is 0.678. The van der Waals surface area contributed by atoms with Gasteiger partial charge in [0.2, 0.25) is 0 Å². The van der Waals surface area contributed by atoms with Crippen molar-refractivity contribution in [1.29, 1.82) is 0 Å². The summed E-state index contributed by atoms with van der Waals surface area (Å²) in [6.45, 7) is 0. The Balaban J connectivity index is 1.70. The van der Waals surface area contributed by atoms with Crippen LogP contribution in [0.3, 0.4) is 0 Å². The lowest BCUT2D eigenvalue weighted by molar-refractivity contribution is 0.103. The maximum absolute atomic E-state index is 12.9. The molecule has 0 saturated carbocycles. The first-order valence-electron chi connectivity index (χ1n) is 8.45. The number of nitrogens with zero attached hydrogens (tertiary/aromatic N) is 1. The van der Waals surface area contributed by atoms with Gasteiger partial charge in [0.05, 0.1) is 30.6 Å². The molecule has 3 N–H and O–H groups in total. The van der Waals surface area contributed by atoms with Crippen LogP contribution in [0.2, 0.25) is 5.02 Å². The Hall–Kier alpha value is -2.51. The lowest BCUT2D eigenvalue weighted by atomic mass is 10.1. The van der Waals surface area contributed by atoms with Crippen molar-refractivity contribution in [3.63, 3.8) is 0 Å². The van der Waals surface area contributed by atoms with Gasteiger partial charge >= 0.3 is 0 Å². The van der Waals surface area contributed by atoms with Gasteiger partial charge in [0.25, 0.3) is 5.91 Å². The highest BCUT2D eigenvalue weighted by Crippen LogP contribution is 2.39. The number of pyridine rings is 1. The van der Waals surface area contributed by atoms with E-state index >= 15 is 0 Å². The van der Waals surface area contributed by atoms with Crippen LogP contribution in [0.4, 0.5) is 11.4 Å². The first-order valence-corrected chi connectivity index (χ1v) is 9.65. The van der Waals surface area contributed by atoms with E-state index in [1.165, 1.54) is 31.1 Å². The van der Waals surface area contributed by atoms with Gasteiger partial charge in [0, 0.05) is 17.1 Å². The summed E-state index contributed by atoms with van der Waals surface area (Å²) in [5.41, 5.74) is 9.50. The molecule has 0 aliphatic heterocycles. The maximum Gasteiger partial charge on any atom is 0.268 e. The van der Waals surface area contributed by atoms with E-state index in [0.717, 1.165) is 35.2 Å². The summed E-state index contributed by atoms with van der Waals surface area (Å²) in [6, 6.07) is 5.28. The number of thiophene rings is 1. The number of rotatable bonds is 4. The average molecular weight is 404 g/mol. The largest absolute Gasteiger partial charge is 0.495 e. The first kappa shape index (κ1) is 17.9. The molecule has 0 saturated heterocycles. The van der Waals surface area contributed by atoms with Gasteiger partial charge in [-0.25, -0.2) is 4.98 Å². The number of methoxy groups -OCH3 is 2. The second-order valence-electron chi connectivity index (χ2n) is 6.29. The van der Waals surface area contributed by atoms with Gasteiger partial charge in [0.15, 0.2) is 0 Å². The smallest absolute Gasteiger partial charge is 0.268 e. The van der Waals surface area contributed by atoms with Crippen LogP contribution in [-0.4, -0.2) is 25.1 Å². The molecular formula is C19H18ClN3O3S. The van der Waals surface area contributed by atoms with E-state index in [4.69, 9.17) is 31.8 Å². The molecule has 6 nitrogen and oxygen atoms in total. The molecule has 0 atom stereocenters. The number of halogens is 1. The summed E-state index contributed by atoms with van der Waals surface area (Å²) in [6.07, 6.45) is 3.10. The molecule has 1 aliphatic carbocycles. The molecular weight excluding hydrogens is 386 g/mol. The minimum atomic E-state index is -0.324. The van der Waals surface area contributed by atoms with Crippen molar-refractivity contribution in [2.45, 2.75) is 19.3 Å². The lowest BCUT2D eigenvalue weighted by Gasteiger charge is -2.12. The van der Waals surface area contributed by atoms with E-state index < -0.39 is 0 Å². The van der Waals surface area contributed by atoms with Gasteiger partial charge in [-0.15, -0.1) is 11.3 Å². The second-order valence-corrected chi connectivity index (χ2v) is 7.69. The van der Waals surface area contributed by atoms with Gasteiger partial charge < -0.3 is 20.5 Å². The molecule has 140 valence electrons. The number of aryl methyl sites for hydroxylation is 2. The highest BCUT2D eigenvalue weighted by atomic mass is 35.5. The number of hydrogen-bond acceptors (Lipinski definition) is 6. The summed E-state index contributed by atoms with van der Waals surface area (Å²) < 4.78 is 10.5. The Kier molecular flexibility index (Phi) is 4.57. The Morgan fingerprint density at radius 2 is 2.00 bits per heavy atom. The molecule has 1 aliphatic rings. The van der Waals surface area contributed by atoms with Crippen LogP contribution in [0.1, 0.15) is 27.3 Å². The van der Waals surface area contributed by atoms with E-state index in [2.05, 4.69) is 11.4 Å². The molecule has 2 heterocycles. The van der Waals surface area contributed by atoms with E-state index in [-0.39, 0.29) is 5.91 Å². The summed E-state index contributed by atoms with van der Waals surface area (Å²) in [5.74, 6) is 0.586. The van der Waals surface area contributed by atoms with Crippen molar-refractivity contribution in [3.8, 4) is 11.5 Å². The molecule has 0 fully saturated rings. The summed E-state index contributed by atoms with van der Waals surface area (Å²) in [4.78, 5) is 18.8. The Labute approximate surface area is 165 Å². The lowest BCUT2D eigenvalue weighted by Crippen LogP contribution is -2.13. The van der Waals surface area contributed by atoms with Crippen LogP contribution in [0, 0.1) is 0 Å². The van der Waals surface area contributed by atoms with Gasteiger partial charge in [-0.3, -0.25) is 4.79 Å². The summed E-state index contributed by atoms with van der Waals surface area (Å²) in [5, 5.41) is 4.04. The zero-order chi connectivity index (χ0) is 19.1. The van der Waals surface area contributed by atoms with E-state index in [1.54, 1.807) is 12.1 Å². The number of ether oxygens (including phenoxy) is 2. The third-order valence-corrected chi connectivity index (χ3v) is 6.09. The molecule has 27 heavy (non-hydrogen) atoms. The topological polar surface area (TPSA) is 86.5 Å². The molecule has 1 aromatic carbocycles. The molecule has 2 aromatic heterocycles. The predicted molar refractivity (Wildman–Crippen MR) is 109 cm³/mol. The van der Waals surface area contributed by atoms with Gasteiger partial charge in [-0.2, -0.15) is 0 Å². The van der Waals surface area contributed by atoms with Gasteiger partial charge in [0.1, 0.15) is 21.2 Å². The van der Waals surface area contributed by atoms with Gasteiger partial charge in [-0.05, 0) is 37.0 Å². The molecule has 0 unspecified atom stereocenters. The Morgan fingerprint density at radius 1 is 1.22 bits per heavy atom. The van der Waals surface area contributed by atoms with Crippen molar-refractivity contribution in [2.24, 2.45) is 0 Å². The number of benzene rings is 1. The monoisotopic (exact) mass is 403 g/mol. The Morgan fingerprint density at radius 3 is 2.74 bits per heavy atom. The molecule has 0 spiro atoms. The number of carbonyl (C=O) groups is 1. The fourth-order valence-corrected chi connectivity index (χ4v) is 4.54. The number of amides is 1. The number of fused-ring (bicyclic) bond motifs is 2. The standard InChI is InChI=1S/C19H18ClN3O3S/c1-25-14-8-15(26-2)13(7-11(14)20)22-18(24)17-16(21)10-6-9-4-3-5-12(9)23-19(10)27-17/h6-8H,3-5,21H2,1-2H3,(H,22,24). The van der Waals surface area contributed by atoms with Crippen LogP contribution in [-0.2, 0) is 12.8 Å². The number of aromatic nitrogens is 1. The SMILES string of the molecule is COc1cc(OC)c(NC(=O)c2sc3nc4c(cc3c2N)CCC4)cc1Cl. The number of carbonyl (C=O) groups excluding carboxylic acids is 1. The zero-order valence-corrected chi connectivity index (χ0v) is 16.5. The number of nitrogen functional groups attached to an aromatic ring is 1. The van der Waals surface area contributed by atoms with E-state index in [1.807, 2.05) is 0 Å². The van der Waals surface area contributed by atoms with Crippen LogP contribution >= 0.6 is 22.9 Å². The molecule has 4 rings (SSSR count). The zero-order valence-electron chi connectivity index (χ0n) is 14.9. The van der Waals surface area contributed by atoms with Crippen molar-refractivity contribution in [3.05, 3.63) is 39.4 Å². The number of nitrogens with two attached hydrogens (primary N) is 1. The minimum absolute atomic E-state index is 0.324. The van der Waals surface area contributed by atoms with Gasteiger partial charge in [-0.1, -0.05) is 11.6 Å². The summed E-state index contributed by atoms with van der Waals surface area (Å²) in [7, 11) is 3.03. The van der Waals surface area contributed by atoms with Crippen molar-refractivity contribution in [1.82, 2.24) is 4.98 Å². The predicted octanol–water partition coefficient (Wildman–Crippen LogP) is 4.29. The van der Waals surface area contributed by atoms with Crippen LogP contribution in [0.25, 0.3) is 10.2 Å². The fourth-order valence-electron chi connectivity index (χ4n) is 3.30. The number of hydrogen-bond donors (Lipinski definition) is 2. The van der Waals surface area contributed by atoms with E-state index in [0.29, 0.717) is 32.8 Å². The molecule has 1 amide bonds. The third-order valence-electron chi connectivity index (χ3n) is 4.68. The van der Waals surface area contributed by atoms with E-state index in [9.17, 15) is 4.79 Å². The minimum Gasteiger partial charge on any atom is -0.495 e. The average Bonchev–Trinajstić information content (AvgIpc) is 3.24. The molecule has 8 heteroatoms. The second kappa shape index (κ2) is 6.90. The van der Waals surface area contributed by atoms with Crippen LogP contribution in [0.15, 0.2) is 18.2 Å². The fraction of sp³-hybridized carbons (Fsp3) is 0.263. The Bertz CT molecular complexity index is 1060. The van der Waals surface area contributed by atoms with Crippen LogP contribution < -0.4 is 20.5 Å². The number of anilines is 2. The molecule has 0 bridgehead atoms. The molecule has 0 radical (unpaired) electrons. The third kappa shape index (κ3) is 3.07. The van der Waals surface area contributed by atoms with Crippen molar-refractivity contribution < 1.29 is 14.3 Å². The highest BCUT2D eigenvalue weighted by molar-refractivity contribution is 7.21. The van der Waals surface area contributed by atoms with Crippen molar-refractivity contribution in [2.75, 3.05) is 25.3 Å². The highest BCUT2D eigenvalue weighted by Gasteiger charge is 2.22. The molecule has 3 aromatic rings. The van der Waals surface area contributed by atoms with Crippen molar-refractivity contribution >= 4 is 50.4 Å². The van der Waals surface area contributed by atoms with Crippen LogP contribution in [0.5, 0.6) is 11.5 Å². The first-order chi connectivity index (χ1) is 13.0. The number of nitrogens with one attached hydrogen (secondary N) is 1. The normalized spacial score (nSPS) is 12.9. The summed E-state index contributed by atoms with van der Waals surface area (Å²) >= 11 is 7.47.